The van der Waals surface area contributed by atoms with Crippen LogP contribution in [0, 0.1) is 5.41 Å². The van der Waals surface area contributed by atoms with Crippen LogP contribution in [0.1, 0.15) is 50.8 Å². The molecule has 3 rings (SSSR count). The van der Waals surface area contributed by atoms with Crippen LogP contribution in [-0.2, 0) is 11.2 Å². The summed E-state index contributed by atoms with van der Waals surface area (Å²) in [6.45, 7) is 11.1. The molecule has 1 unspecified atom stereocenters. The Bertz CT molecular complexity index is 510. The van der Waals surface area contributed by atoms with Gasteiger partial charge in [-0.2, -0.15) is 0 Å². The number of thiazole rings is 1. The van der Waals surface area contributed by atoms with E-state index in [2.05, 4.69) is 32.6 Å². The maximum Gasteiger partial charge on any atom is 0.186 e. The molecule has 0 saturated carbocycles. The van der Waals surface area contributed by atoms with Gasteiger partial charge in [-0.15, -0.1) is 0 Å². The number of aliphatic hydroxyl groups excluding tert-OH is 1. The van der Waals surface area contributed by atoms with Crippen molar-refractivity contribution < 1.29 is 9.84 Å². The molecule has 1 aliphatic heterocycles. The summed E-state index contributed by atoms with van der Waals surface area (Å²) in [7, 11) is 0. The van der Waals surface area contributed by atoms with Crippen LogP contribution < -0.4 is 4.90 Å². The molecule has 1 aromatic rings. The molecule has 2 aliphatic rings. The molecule has 4 nitrogen and oxygen atoms in total. The molecule has 0 spiro atoms. The third kappa shape index (κ3) is 2.71. The lowest BCUT2D eigenvalue weighted by Crippen LogP contribution is -2.48. The Morgan fingerprint density at radius 1 is 1.35 bits per heavy atom. The maximum absolute atomic E-state index is 10.3. The molecule has 5 heteroatoms. The van der Waals surface area contributed by atoms with E-state index < -0.39 is 0 Å². The maximum atomic E-state index is 10.3. The van der Waals surface area contributed by atoms with Crippen LogP contribution in [-0.4, -0.2) is 35.4 Å². The average Bonchev–Trinajstić information content (AvgIpc) is 2.70. The largest absolute Gasteiger partial charge is 0.387 e. The Labute approximate surface area is 124 Å². The Kier molecular flexibility index (Phi) is 3.35. The van der Waals surface area contributed by atoms with Crippen LogP contribution >= 0.6 is 11.3 Å². The number of ether oxygens (including phenoxy) is 1. The van der Waals surface area contributed by atoms with Crippen molar-refractivity contribution in [3.05, 3.63) is 10.6 Å². The normalized spacial score (nSPS) is 28.2. The second kappa shape index (κ2) is 4.68. The number of aliphatic hydroxyl groups is 1. The van der Waals surface area contributed by atoms with Gasteiger partial charge in [0.25, 0.3) is 0 Å². The summed E-state index contributed by atoms with van der Waals surface area (Å²) in [4.78, 5) is 8.19. The number of morpholine rings is 1. The number of anilines is 1. The highest BCUT2D eigenvalue weighted by molar-refractivity contribution is 7.15. The Morgan fingerprint density at radius 3 is 2.80 bits per heavy atom. The second-order valence-corrected chi connectivity index (χ2v) is 8.41. The highest BCUT2D eigenvalue weighted by Crippen LogP contribution is 2.45. The van der Waals surface area contributed by atoms with Gasteiger partial charge in [-0.3, -0.25) is 0 Å². The Balaban J connectivity index is 1.87. The van der Waals surface area contributed by atoms with Crippen molar-refractivity contribution in [2.45, 2.75) is 52.2 Å². The first-order valence-corrected chi connectivity index (χ1v) is 8.14. The molecule has 20 heavy (non-hydrogen) atoms. The lowest BCUT2D eigenvalue weighted by Gasteiger charge is -2.38. The van der Waals surface area contributed by atoms with Gasteiger partial charge in [0, 0.05) is 13.1 Å². The predicted molar refractivity (Wildman–Crippen MR) is 81.4 cm³/mol. The van der Waals surface area contributed by atoms with Crippen molar-refractivity contribution in [3.63, 3.8) is 0 Å². The summed E-state index contributed by atoms with van der Waals surface area (Å²) in [6, 6.07) is 0. The quantitative estimate of drug-likeness (QED) is 0.865. The van der Waals surface area contributed by atoms with Crippen LogP contribution in [0.25, 0.3) is 0 Å². The van der Waals surface area contributed by atoms with Crippen LogP contribution in [0.4, 0.5) is 5.13 Å². The summed E-state index contributed by atoms with van der Waals surface area (Å²) in [5, 5.41) is 11.4. The van der Waals surface area contributed by atoms with Gasteiger partial charge in [-0.25, -0.2) is 4.98 Å². The molecule has 112 valence electrons. The zero-order valence-corrected chi connectivity index (χ0v) is 13.6. The number of rotatable bonds is 1. The SMILES string of the molecule is CC1(C)Cc2nc(N3CCOC(C)(C)C3)sc2C(O)C1. The predicted octanol–water partition coefficient (Wildman–Crippen LogP) is 2.76. The summed E-state index contributed by atoms with van der Waals surface area (Å²) >= 11 is 1.66. The molecule has 2 heterocycles. The zero-order valence-electron chi connectivity index (χ0n) is 12.8. The van der Waals surface area contributed by atoms with Gasteiger partial charge in [-0.1, -0.05) is 25.2 Å². The minimum atomic E-state index is -0.353. The van der Waals surface area contributed by atoms with Gasteiger partial charge >= 0.3 is 0 Å². The van der Waals surface area contributed by atoms with Crippen LogP contribution in [0.2, 0.25) is 0 Å². The van der Waals surface area contributed by atoms with Gasteiger partial charge in [-0.05, 0) is 32.1 Å². The van der Waals surface area contributed by atoms with Gasteiger partial charge < -0.3 is 14.7 Å². The van der Waals surface area contributed by atoms with Crippen molar-refractivity contribution in [1.82, 2.24) is 4.98 Å². The van der Waals surface area contributed by atoms with Crippen molar-refractivity contribution >= 4 is 16.5 Å². The summed E-state index contributed by atoms with van der Waals surface area (Å²) in [5.41, 5.74) is 1.11. The fraction of sp³-hybridized carbons (Fsp3) is 0.800. The highest BCUT2D eigenvalue weighted by Gasteiger charge is 2.36. The van der Waals surface area contributed by atoms with Gasteiger partial charge in [0.2, 0.25) is 0 Å². The first-order chi connectivity index (χ1) is 9.26. The molecule has 1 aliphatic carbocycles. The fourth-order valence-electron chi connectivity index (χ4n) is 3.19. The fourth-order valence-corrected chi connectivity index (χ4v) is 4.29. The van der Waals surface area contributed by atoms with Crippen LogP contribution in [0.15, 0.2) is 0 Å². The lowest BCUT2D eigenvalue weighted by atomic mass is 9.77. The third-order valence-electron chi connectivity index (χ3n) is 4.11. The molecule has 0 amide bonds. The lowest BCUT2D eigenvalue weighted by molar-refractivity contribution is -0.0277. The smallest absolute Gasteiger partial charge is 0.186 e. The Morgan fingerprint density at radius 2 is 2.10 bits per heavy atom. The molecular formula is C15H24N2O2S. The molecule has 1 aromatic heterocycles. The number of hydrogen-bond acceptors (Lipinski definition) is 5. The van der Waals surface area contributed by atoms with Crippen molar-refractivity contribution in [1.29, 1.82) is 0 Å². The summed E-state index contributed by atoms with van der Waals surface area (Å²) in [6.07, 6.45) is 1.44. The molecule has 1 atom stereocenters. The van der Waals surface area contributed by atoms with Crippen LogP contribution in [0.5, 0.6) is 0 Å². The van der Waals surface area contributed by atoms with E-state index in [1.807, 2.05) is 0 Å². The number of hydrogen-bond donors (Lipinski definition) is 1. The van der Waals surface area contributed by atoms with Crippen LogP contribution in [0.3, 0.4) is 0 Å². The van der Waals surface area contributed by atoms with Gasteiger partial charge in [0.15, 0.2) is 5.13 Å². The topological polar surface area (TPSA) is 45.6 Å². The Hall–Kier alpha value is -0.650. The van der Waals surface area contributed by atoms with E-state index in [0.717, 1.165) is 48.2 Å². The van der Waals surface area contributed by atoms with E-state index in [0.29, 0.717) is 0 Å². The third-order valence-corrected chi connectivity index (χ3v) is 5.37. The molecule has 0 bridgehead atoms. The molecule has 0 radical (unpaired) electrons. The standard InChI is InChI=1S/C15H24N2O2S/c1-14(2)7-10-12(11(18)8-14)20-13(16-10)17-5-6-19-15(3,4)9-17/h11,18H,5-9H2,1-4H3. The first kappa shape index (κ1) is 14.3. The minimum absolute atomic E-state index is 0.123. The number of aromatic nitrogens is 1. The number of fused-ring (bicyclic) bond motifs is 1. The van der Waals surface area contributed by atoms with E-state index in [1.165, 1.54) is 0 Å². The molecule has 1 N–H and O–H groups in total. The van der Waals surface area contributed by atoms with Crippen molar-refractivity contribution in [2.24, 2.45) is 5.41 Å². The zero-order chi connectivity index (χ0) is 14.5. The molecule has 1 saturated heterocycles. The van der Waals surface area contributed by atoms with Gasteiger partial charge in [0.05, 0.1) is 28.9 Å². The van der Waals surface area contributed by atoms with Crippen molar-refractivity contribution in [2.75, 3.05) is 24.6 Å². The summed E-state index contributed by atoms with van der Waals surface area (Å²) < 4.78 is 5.76. The number of nitrogens with zero attached hydrogens (tertiary/aromatic N) is 2. The summed E-state index contributed by atoms with van der Waals surface area (Å²) in [5.74, 6) is 0. The molecule has 1 fully saturated rings. The van der Waals surface area contributed by atoms with E-state index >= 15 is 0 Å². The van der Waals surface area contributed by atoms with Crippen molar-refractivity contribution in [3.8, 4) is 0 Å². The van der Waals surface area contributed by atoms with E-state index in [4.69, 9.17) is 9.72 Å². The van der Waals surface area contributed by atoms with E-state index in [1.54, 1.807) is 11.3 Å². The minimum Gasteiger partial charge on any atom is -0.387 e. The van der Waals surface area contributed by atoms with E-state index in [-0.39, 0.29) is 17.1 Å². The average molecular weight is 296 g/mol. The van der Waals surface area contributed by atoms with E-state index in [9.17, 15) is 5.11 Å². The molecular weight excluding hydrogens is 272 g/mol. The first-order valence-electron chi connectivity index (χ1n) is 7.32. The monoisotopic (exact) mass is 296 g/mol. The molecule has 0 aromatic carbocycles. The second-order valence-electron chi connectivity index (χ2n) is 7.40. The highest BCUT2D eigenvalue weighted by atomic mass is 32.1. The van der Waals surface area contributed by atoms with Gasteiger partial charge in [0.1, 0.15) is 0 Å².